The summed E-state index contributed by atoms with van der Waals surface area (Å²) in [6.45, 7) is -0.613. The van der Waals surface area contributed by atoms with E-state index in [-0.39, 0.29) is 30.4 Å². The van der Waals surface area contributed by atoms with E-state index in [4.69, 9.17) is 26.8 Å². The monoisotopic (exact) mass is 442 g/mol. The van der Waals surface area contributed by atoms with Crippen LogP contribution in [-0.4, -0.2) is 43.5 Å². The van der Waals surface area contributed by atoms with Crippen molar-refractivity contribution in [3.05, 3.63) is 58.1 Å². The summed E-state index contributed by atoms with van der Waals surface area (Å²) in [5.41, 5.74) is 3.31. The van der Waals surface area contributed by atoms with Crippen LogP contribution < -0.4 is 11.1 Å². The number of nitrogens with one attached hydrogen (secondary N) is 1. The molecule has 160 valence electrons. The quantitative estimate of drug-likeness (QED) is 0.716. The second-order valence-corrected chi connectivity index (χ2v) is 7.00. The summed E-state index contributed by atoms with van der Waals surface area (Å²) in [5, 5.41) is 2.83. The molecule has 3 N–H and O–H groups in total. The van der Waals surface area contributed by atoms with Crippen LogP contribution in [0.3, 0.4) is 0 Å². The molecule has 11 heteroatoms. The van der Waals surface area contributed by atoms with Gasteiger partial charge in [-0.1, -0.05) is 11.6 Å². The van der Waals surface area contributed by atoms with Crippen LogP contribution in [0.2, 0.25) is 5.02 Å². The van der Waals surface area contributed by atoms with Gasteiger partial charge in [0, 0.05) is 30.1 Å². The molecule has 0 spiro atoms. The number of aromatic nitrogens is 1. The SMILES string of the molecule is COCc1cc(Cl)cnc1C(=O)Nc1ccc(F)c([C@]2(C(F)F)COCC(N)=N2)c1. The van der Waals surface area contributed by atoms with Gasteiger partial charge in [-0.25, -0.2) is 18.2 Å². The molecule has 0 saturated carbocycles. The lowest BCUT2D eigenvalue weighted by atomic mass is 9.90. The normalized spacial score (nSPS) is 18.9. The van der Waals surface area contributed by atoms with Gasteiger partial charge in [0.05, 0.1) is 18.2 Å². The van der Waals surface area contributed by atoms with Crippen LogP contribution in [0, 0.1) is 5.82 Å². The number of amides is 1. The Hall–Kier alpha value is -2.69. The number of methoxy groups -OCH3 is 1. The molecule has 0 radical (unpaired) electrons. The minimum Gasteiger partial charge on any atom is -0.385 e. The van der Waals surface area contributed by atoms with E-state index in [1.165, 1.54) is 25.4 Å². The zero-order chi connectivity index (χ0) is 21.9. The number of carbonyl (C=O) groups excluding carboxylic acids is 1. The average Bonchev–Trinajstić information content (AvgIpc) is 2.69. The summed E-state index contributed by atoms with van der Waals surface area (Å²) in [6, 6.07) is 4.79. The molecule has 1 aromatic carbocycles. The van der Waals surface area contributed by atoms with Crippen molar-refractivity contribution in [2.75, 3.05) is 25.6 Å². The summed E-state index contributed by atoms with van der Waals surface area (Å²) in [6.07, 6.45) is -1.81. The molecule has 7 nitrogen and oxygen atoms in total. The molecule has 2 aromatic rings. The van der Waals surface area contributed by atoms with E-state index in [1.54, 1.807) is 0 Å². The van der Waals surface area contributed by atoms with E-state index in [9.17, 15) is 18.0 Å². The van der Waals surface area contributed by atoms with Gasteiger partial charge in [0.1, 0.15) is 24.0 Å². The van der Waals surface area contributed by atoms with E-state index < -0.39 is 35.9 Å². The highest BCUT2D eigenvalue weighted by molar-refractivity contribution is 6.30. The third-order valence-electron chi connectivity index (χ3n) is 4.41. The van der Waals surface area contributed by atoms with Crippen molar-refractivity contribution in [2.45, 2.75) is 18.6 Å². The fraction of sp³-hybridized carbons (Fsp3) is 0.316. The van der Waals surface area contributed by atoms with Crippen LogP contribution in [0.4, 0.5) is 18.9 Å². The van der Waals surface area contributed by atoms with Crippen LogP contribution in [0.5, 0.6) is 0 Å². The first-order chi connectivity index (χ1) is 14.3. The zero-order valence-corrected chi connectivity index (χ0v) is 16.5. The number of benzene rings is 1. The molecule has 0 saturated heterocycles. The molecule has 1 aliphatic rings. The van der Waals surface area contributed by atoms with Crippen molar-refractivity contribution < 1.29 is 27.4 Å². The van der Waals surface area contributed by atoms with E-state index in [2.05, 4.69) is 15.3 Å². The van der Waals surface area contributed by atoms with Crippen molar-refractivity contribution in [2.24, 2.45) is 10.7 Å². The fourth-order valence-electron chi connectivity index (χ4n) is 3.08. The third kappa shape index (κ3) is 4.40. The number of nitrogens with zero attached hydrogens (tertiary/aromatic N) is 2. The Morgan fingerprint density at radius 1 is 1.43 bits per heavy atom. The second-order valence-electron chi connectivity index (χ2n) is 6.56. The topological polar surface area (TPSA) is 98.8 Å². The maximum Gasteiger partial charge on any atom is 0.274 e. The Kier molecular flexibility index (Phi) is 6.59. The Morgan fingerprint density at radius 2 is 2.20 bits per heavy atom. The molecule has 0 fully saturated rings. The number of ether oxygens (including phenoxy) is 2. The van der Waals surface area contributed by atoms with E-state index >= 15 is 0 Å². The lowest BCUT2D eigenvalue weighted by molar-refractivity contribution is -0.0145. The Bertz CT molecular complexity index is 989. The van der Waals surface area contributed by atoms with E-state index in [1.807, 2.05) is 0 Å². The van der Waals surface area contributed by atoms with E-state index in [0.717, 1.165) is 12.1 Å². The molecule has 0 bridgehead atoms. The Labute approximate surface area is 175 Å². The standard InChI is InChI=1S/C19H18ClF3N4O3/c1-29-7-10-4-11(20)6-25-16(10)17(28)26-12-2-3-14(21)13(5-12)19(18(22)23)9-30-8-15(24)27-19/h2-6,18H,7-9H2,1H3,(H2,24,27)(H,26,28)/t19-/m0/s1. The lowest BCUT2D eigenvalue weighted by Crippen LogP contribution is -2.45. The van der Waals surface area contributed by atoms with Crippen LogP contribution in [0.1, 0.15) is 21.6 Å². The van der Waals surface area contributed by atoms with Crippen LogP contribution in [0.15, 0.2) is 35.5 Å². The first-order valence-electron chi connectivity index (χ1n) is 8.71. The van der Waals surface area contributed by atoms with Crippen molar-refractivity contribution in [3.63, 3.8) is 0 Å². The van der Waals surface area contributed by atoms with Gasteiger partial charge >= 0.3 is 0 Å². The summed E-state index contributed by atoms with van der Waals surface area (Å²) < 4.78 is 52.5. The Balaban J connectivity index is 1.96. The predicted molar refractivity (Wildman–Crippen MR) is 104 cm³/mol. The zero-order valence-electron chi connectivity index (χ0n) is 15.8. The Morgan fingerprint density at radius 3 is 2.87 bits per heavy atom. The molecule has 30 heavy (non-hydrogen) atoms. The molecule has 1 aromatic heterocycles. The van der Waals surface area contributed by atoms with Gasteiger partial charge in [-0.3, -0.25) is 9.79 Å². The first-order valence-corrected chi connectivity index (χ1v) is 9.09. The molecule has 2 heterocycles. The maximum atomic E-state index is 14.5. The third-order valence-corrected chi connectivity index (χ3v) is 4.62. The number of amidine groups is 1. The number of aliphatic imine (C=N–C) groups is 1. The molecule has 1 atom stereocenters. The van der Waals surface area contributed by atoms with Crippen LogP contribution in [0.25, 0.3) is 0 Å². The van der Waals surface area contributed by atoms with Gasteiger partial charge in [-0.05, 0) is 24.3 Å². The van der Waals surface area contributed by atoms with Crippen molar-refractivity contribution >= 4 is 29.0 Å². The highest BCUT2D eigenvalue weighted by atomic mass is 35.5. The summed E-state index contributed by atoms with van der Waals surface area (Å²) >= 11 is 5.90. The molecule has 1 amide bonds. The van der Waals surface area contributed by atoms with Gasteiger partial charge in [0.2, 0.25) is 0 Å². The number of hydrogen-bond acceptors (Lipinski definition) is 6. The number of carbonyl (C=O) groups is 1. The molecular weight excluding hydrogens is 425 g/mol. The number of alkyl halides is 2. The number of pyridine rings is 1. The number of halogens is 4. The number of anilines is 1. The number of hydrogen-bond donors (Lipinski definition) is 2. The molecule has 0 unspecified atom stereocenters. The van der Waals surface area contributed by atoms with E-state index in [0.29, 0.717) is 10.6 Å². The van der Waals surface area contributed by atoms with Gasteiger partial charge in [0.25, 0.3) is 12.3 Å². The van der Waals surface area contributed by atoms with Gasteiger partial charge < -0.3 is 20.5 Å². The van der Waals surface area contributed by atoms with Crippen LogP contribution >= 0.6 is 11.6 Å². The smallest absolute Gasteiger partial charge is 0.274 e. The molecule has 1 aliphatic heterocycles. The molecule has 0 aliphatic carbocycles. The largest absolute Gasteiger partial charge is 0.385 e. The van der Waals surface area contributed by atoms with Crippen molar-refractivity contribution in [3.8, 4) is 0 Å². The van der Waals surface area contributed by atoms with Gasteiger partial charge in [-0.15, -0.1) is 0 Å². The molecular formula is C19H18ClF3N4O3. The predicted octanol–water partition coefficient (Wildman–Crippen LogP) is 3.12. The highest BCUT2D eigenvalue weighted by Gasteiger charge is 2.46. The minimum atomic E-state index is -3.09. The lowest BCUT2D eigenvalue weighted by Gasteiger charge is -2.33. The summed E-state index contributed by atoms with van der Waals surface area (Å²) in [5.74, 6) is -1.75. The van der Waals surface area contributed by atoms with Crippen molar-refractivity contribution in [1.82, 2.24) is 4.98 Å². The average molecular weight is 443 g/mol. The van der Waals surface area contributed by atoms with Gasteiger partial charge in [0.15, 0.2) is 5.54 Å². The number of nitrogens with two attached hydrogens (primary N) is 1. The first kappa shape index (κ1) is 22.0. The number of rotatable bonds is 6. The molecule has 3 rings (SSSR count). The highest BCUT2D eigenvalue weighted by Crippen LogP contribution is 2.38. The maximum absolute atomic E-state index is 14.5. The minimum absolute atomic E-state index is 0.0268. The van der Waals surface area contributed by atoms with Crippen molar-refractivity contribution in [1.29, 1.82) is 0 Å². The second kappa shape index (κ2) is 8.99. The summed E-state index contributed by atoms with van der Waals surface area (Å²) in [7, 11) is 1.44. The summed E-state index contributed by atoms with van der Waals surface area (Å²) in [4.78, 5) is 20.5. The van der Waals surface area contributed by atoms with Gasteiger partial charge in [-0.2, -0.15) is 0 Å². The fourth-order valence-corrected chi connectivity index (χ4v) is 3.26. The van der Waals surface area contributed by atoms with Crippen LogP contribution in [-0.2, 0) is 21.6 Å².